The molecule has 74 valence electrons. The first-order valence-electron chi connectivity index (χ1n) is 3.89. The summed E-state index contributed by atoms with van der Waals surface area (Å²) in [5.74, 6) is 0.0827. The van der Waals surface area contributed by atoms with E-state index in [1.54, 1.807) is 12.1 Å². The van der Waals surface area contributed by atoms with Gasteiger partial charge in [0.15, 0.2) is 0 Å². The zero-order chi connectivity index (χ0) is 10.4. The molecule has 0 heterocycles. The van der Waals surface area contributed by atoms with Crippen molar-refractivity contribution in [2.45, 2.75) is 0 Å². The SMILES string of the molecule is C=CCOOc1ccccc1[N+](=O)[O-]. The highest BCUT2D eigenvalue weighted by Gasteiger charge is 2.14. The van der Waals surface area contributed by atoms with Crippen LogP contribution in [0.1, 0.15) is 0 Å². The standard InChI is InChI=1S/C9H9NO4/c1-2-7-13-14-9-6-4-3-5-8(9)10(11)12/h2-6H,1,7H2. The highest BCUT2D eigenvalue weighted by Crippen LogP contribution is 2.25. The molecule has 0 fully saturated rings. The Hall–Kier alpha value is -1.88. The topological polar surface area (TPSA) is 61.6 Å². The van der Waals surface area contributed by atoms with Gasteiger partial charge in [-0.05, 0) is 6.07 Å². The molecule has 0 aliphatic carbocycles. The molecule has 1 aromatic rings. The molecule has 0 amide bonds. The van der Waals surface area contributed by atoms with Gasteiger partial charge in [0.25, 0.3) is 0 Å². The highest BCUT2D eigenvalue weighted by molar-refractivity contribution is 5.45. The lowest BCUT2D eigenvalue weighted by molar-refractivity contribution is -0.388. The third kappa shape index (κ3) is 2.56. The Morgan fingerprint density at radius 2 is 2.21 bits per heavy atom. The minimum Gasteiger partial charge on any atom is -0.330 e. The van der Waals surface area contributed by atoms with Crippen LogP contribution in [0.3, 0.4) is 0 Å². The van der Waals surface area contributed by atoms with Crippen LogP contribution in [0.15, 0.2) is 36.9 Å². The van der Waals surface area contributed by atoms with E-state index in [1.165, 1.54) is 18.2 Å². The zero-order valence-corrected chi connectivity index (χ0v) is 7.38. The van der Waals surface area contributed by atoms with E-state index < -0.39 is 4.92 Å². The van der Waals surface area contributed by atoms with Gasteiger partial charge in [-0.3, -0.25) is 10.1 Å². The number of benzene rings is 1. The normalized spacial score (nSPS) is 9.43. The quantitative estimate of drug-likeness (QED) is 0.237. The van der Waals surface area contributed by atoms with Crippen molar-refractivity contribution in [3.05, 3.63) is 47.0 Å². The third-order valence-electron chi connectivity index (χ3n) is 1.40. The van der Waals surface area contributed by atoms with Crippen molar-refractivity contribution in [1.29, 1.82) is 0 Å². The predicted octanol–water partition coefficient (Wildman–Crippen LogP) is 2.09. The van der Waals surface area contributed by atoms with Crippen LogP contribution in [0.25, 0.3) is 0 Å². The Kier molecular flexibility index (Phi) is 3.63. The fraction of sp³-hybridized carbons (Fsp3) is 0.111. The van der Waals surface area contributed by atoms with E-state index in [-0.39, 0.29) is 18.0 Å². The lowest BCUT2D eigenvalue weighted by atomic mass is 10.3. The van der Waals surface area contributed by atoms with Crippen molar-refractivity contribution in [1.82, 2.24) is 0 Å². The van der Waals surface area contributed by atoms with Gasteiger partial charge in [0, 0.05) is 6.07 Å². The molecule has 0 aliphatic rings. The zero-order valence-electron chi connectivity index (χ0n) is 7.38. The van der Waals surface area contributed by atoms with E-state index in [0.29, 0.717) is 0 Å². The van der Waals surface area contributed by atoms with Crippen LogP contribution in [-0.2, 0) is 4.89 Å². The van der Waals surface area contributed by atoms with Gasteiger partial charge >= 0.3 is 5.69 Å². The molecule has 5 heteroatoms. The molecule has 0 N–H and O–H groups in total. The Bertz CT molecular complexity index is 337. The lowest BCUT2D eigenvalue weighted by Gasteiger charge is -2.02. The molecule has 0 spiro atoms. The van der Waals surface area contributed by atoms with Crippen LogP contribution in [0.5, 0.6) is 5.75 Å². The highest BCUT2D eigenvalue weighted by atomic mass is 17.2. The van der Waals surface area contributed by atoms with Gasteiger partial charge in [0.1, 0.15) is 6.61 Å². The molecular weight excluding hydrogens is 186 g/mol. The summed E-state index contributed by atoms with van der Waals surface area (Å²) in [6, 6.07) is 5.98. The molecule has 0 saturated heterocycles. The molecule has 0 saturated carbocycles. The predicted molar refractivity (Wildman–Crippen MR) is 49.9 cm³/mol. The van der Waals surface area contributed by atoms with Crippen molar-refractivity contribution in [3.63, 3.8) is 0 Å². The van der Waals surface area contributed by atoms with E-state index >= 15 is 0 Å². The van der Waals surface area contributed by atoms with E-state index in [2.05, 4.69) is 11.5 Å². The van der Waals surface area contributed by atoms with Gasteiger partial charge in [-0.1, -0.05) is 18.2 Å². The van der Waals surface area contributed by atoms with Crippen molar-refractivity contribution >= 4 is 5.69 Å². The van der Waals surface area contributed by atoms with Crippen LogP contribution in [0.4, 0.5) is 5.69 Å². The van der Waals surface area contributed by atoms with Crippen LogP contribution in [-0.4, -0.2) is 11.5 Å². The second kappa shape index (κ2) is 4.98. The number of hydrogen-bond acceptors (Lipinski definition) is 4. The van der Waals surface area contributed by atoms with Crippen molar-refractivity contribution in [3.8, 4) is 5.75 Å². The summed E-state index contributed by atoms with van der Waals surface area (Å²) in [6.07, 6.45) is 1.48. The first-order chi connectivity index (χ1) is 6.75. The van der Waals surface area contributed by atoms with Crippen molar-refractivity contribution in [2.24, 2.45) is 0 Å². The summed E-state index contributed by atoms with van der Waals surface area (Å²) < 4.78 is 0. The van der Waals surface area contributed by atoms with Gasteiger partial charge in [-0.25, -0.2) is 0 Å². The van der Waals surface area contributed by atoms with Gasteiger partial charge < -0.3 is 4.89 Å². The fourth-order valence-corrected chi connectivity index (χ4v) is 0.824. The Labute approximate surface area is 80.6 Å². The van der Waals surface area contributed by atoms with Crippen molar-refractivity contribution in [2.75, 3.05) is 6.61 Å². The number of nitro benzene ring substituents is 1. The Morgan fingerprint density at radius 3 is 2.86 bits per heavy atom. The number of hydrogen-bond donors (Lipinski definition) is 0. The average Bonchev–Trinajstić information content (AvgIpc) is 2.19. The number of nitrogens with zero attached hydrogens (tertiary/aromatic N) is 1. The summed E-state index contributed by atoms with van der Waals surface area (Å²) in [4.78, 5) is 19.3. The van der Waals surface area contributed by atoms with Gasteiger partial charge in [0.2, 0.25) is 5.75 Å². The van der Waals surface area contributed by atoms with Crippen LogP contribution < -0.4 is 4.89 Å². The molecule has 0 aromatic heterocycles. The molecule has 0 atom stereocenters. The molecule has 0 aliphatic heterocycles. The Balaban J connectivity index is 2.74. The molecule has 1 aromatic carbocycles. The molecule has 1 rings (SSSR count). The summed E-state index contributed by atoms with van der Waals surface area (Å²) in [7, 11) is 0. The van der Waals surface area contributed by atoms with E-state index in [4.69, 9.17) is 4.89 Å². The summed E-state index contributed by atoms with van der Waals surface area (Å²) in [6.45, 7) is 3.58. The summed E-state index contributed by atoms with van der Waals surface area (Å²) in [5, 5.41) is 10.5. The maximum absolute atomic E-state index is 10.5. The molecule has 0 bridgehead atoms. The first kappa shape index (κ1) is 10.2. The molecule has 0 radical (unpaired) electrons. The number of para-hydroxylation sites is 2. The molecule has 5 nitrogen and oxygen atoms in total. The van der Waals surface area contributed by atoms with Crippen LogP contribution in [0, 0.1) is 10.1 Å². The second-order valence-electron chi connectivity index (χ2n) is 2.38. The summed E-state index contributed by atoms with van der Waals surface area (Å²) >= 11 is 0. The molecule has 14 heavy (non-hydrogen) atoms. The van der Waals surface area contributed by atoms with Crippen LogP contribution in [0.2, 0.25) is 0 Å². The maximum atomic E-state index is 10.5. The van der Waals surface area contributed by atoms with E-state index in [0.717, 1.165) is 0 Å². The minimum atomic E-state index is -0.535. The first-order valence-corrected chi connectivity index (χ1v) is 3.89. The number of rotatable bonds is 5. The fourth-order valence-electron chi connectivity index (χ4n) is 0.824. The van der Waals surface area contributed by atoms with Crippen molar-refractivity contribution < 1.29 is 14.7 Å². The lowest BCUT2D eigenvalue weighted by Crippen LogP contribution is -1.99. The molecular formula is C9H9NO4. The van der Waals surface area contributed by atoms with E-state index in [1.807, 2.05) is 0 Å². The monoisotopic (exact) mass is 195 g/mol. The van der Waals surface area contributed by atoms with Gasteiger partial charge in [-0.15, -0.1) is 6.58 Å². The second-order valence-corrected chi connectivity index (χ2v) is 2.38. The van der Waals surface area contributed by atoms with Gasteiger partial charge in [0.05, 0.1) is 4.92 Å². The van der Waals surface area contributed by atoms with Gasteiger partial charge in [-0.2, -0.15) is 4.89 Å². The smallest absolute Gasteiger partial charge is 0.315 e. The largest absolute Gasteiger partial charge is 0.330 e. The van der Waals surface area contributed by atoms with Crippen LogP contribution >= 0.6 is 0 Å². The Morgan fingerprint density at radius 1 is 1.50 bits per heavy atom. The molecule has 0 unspecified atom stereocenters. The number of nitro groups is 1. The third-order valence-corrected chi connectivity index (χ3v) is 1.40. The minimum absolute atomic E-state index is 0.0827. The summed E-state index contributed by atoms with van der Waals surface area (Å²) in [5.41, 5.74) is -0.128. The average molecular weight is 195 g/mol. The van der Waals surface area contributed by atoms with E-state index in [9.17, 15) is 10.1 Å². The maximum Gasteiger partial charge on any atom is 0.315 e.